The van der Waals surface area contributed by atoms with E-state index in [1.165, 1.54) is 12.5 Å². The average molecular weight is 457 g/mol. The minimum Gasteiger partial charge on any atom is -0.475 e. The third-order valence-electron chi connectivity index (χ3n) is 5.16. The topological polar surface area (TPSA) is 115 Å². The number of alkyl halides is 3. The van der Waals surface area contributed by atoms with E-state index in [1.807, 2.05) is 17.0 Å². The molecular weight excluding hydrogens is 435 g/mol. The lowest BCUT2D eigenvalue weighted by molar-refractivity contribution is -0.192. The predicted molar refractivity (Wildman–Crippen MR) is 101 cm³/mol. The lowest BCUT2D eigenvalue weighted by Crippen LogP contribution is -2.50. The van der Waals surface area contributed by atoms with E-state index in [0.717, 1.165) is 31.4 Å². The summed E-state index contributed by atoms with van der Waals surface area (Å²) in [5.41, 5.74) is 1.29. The molecule has 0 saturated carbocycles. The fourth-order valence-corrected chi connectivity index (χ4v) is 3.65. The summed E-state index contributed by atoms with van der Waals surface area (Å²) in [5.74, 6) is -2.81. The fraction of sp³-hybridized carbons (Fsp3) is 0.500. The van der Waals surface area contributed by atoms with Crippen molar-refractivity contribution in [2.45, 2.75) is 43.8 Å². The molecule has 2 fully saturated rings. The fourth-order valence-electron chi connectivity index (χ4n) is 3.65. The highest BCUT2D eigenvalue weighted by molar-refractivity contribution is 5.93. The molecule has 2 aliphatic rings. The minimum absolute atomic E-state index is 0.0509. The number of rotatable bonds is 4. The molecule has 0 radical (unpaired) electrons. The predicted octanol–water partition coefficient (Wildman–Crippen LogP) is 2.68. The molecule has 0 bridgehead atoms. The standard InChI is InChI=1S/C18H21N3O4.C2HF3O2/c22-17(15-9-20-25-11-15)21-7-1-4-18(13-21)8-16(12-24-18)23-10-14-2-5-19-6-3-14;3-2(4,5)1(6)7/h2-3,5-6,9,11,16H,1,4,7-8,10,12-13H2;(H,6,7)/t16-,18+;/m1./s1. The zero-order valence-electron chi connectivity index (χ0n) is 17.0. The van der Waals surface area contributed by atoms with Crippen molar-refractivity contribution >= 4 is 11.9 Å². The molecule has 4 heterocycles. The Morgan fingerprint density at radius 3 is 2.66 bits per heavy atom. The molecule has 2 aromatic heterocycles. The Kier molecular flexibility index (Phi) is 7.46. The maximum atomic E-state index is 12.5. The number of halogens is 3. The van der Waals surface area contributed by atoms with Gasteiger partial charge in [0, 0.05) is 25.4 Å². The quantitative estimate of drug-likeness (QED) is 0.745. The van der Waals surface area contributed by atoms with Crippen LogP contribution in [0.3, 0.4) is 0 Å². The van der Waals surface area contributed by atoms with E-state index in [2.05, 4.69) is 10.1 Å². The van der Waals surface area contributed by atoms with E-state index in [9.17, 15) is 18.0 Å². The summed E-state index contributed by atoms with van der Waals surface area (Å²) in [7, 11) is 0. The third kappa shape index (κ3) is 6.26. The second-order valence-corrected chi connectivity index (χ2v) is 7.53. The van der Waals surface area contributed by atoms with Crippen LogP contribution >= 0.6 is 0 Å². The van der Waals surface area contributed by atoms with E-state index in [0.29, 0.717) is 25.3 Å². The van der Waals surface area contributed by atoms with Gasteiger partial charge in [-0.25, -0.2) is 4.79 Å². The summed E-state index contributed by atoms with van der Waals surface area (Å²) in [4.78, 5) is 27.3. The van der Waals surface area contributed by atoms with Gasteiger partial charge < -0.3 is 24.0 Å². The Morgan fingerprint density at radius 2 is 2.03 bits per heavy atom. The van der Waals surface area contributed by atoms with Crippen molar-refractivity contribution in [2.75, 3.05) is 19.7 Å². The molecule has 1 amide bonds. The normalized spacial score (nSPS) is 23.0. The number of likely N-dealkylation sites (tertiary alicyclic amines) is 1. The zero-order valence-corrected chi connectivity index (χ0v) is 17.0. The SMILES string of the molecule is O=C(O)C(F)(F)F.O=C(c1cnoc1)N1CCC[C@]2(C[C@@H](OCc3ccncc3)CO2)C1. The Morgan fingerprint density at radius 1 is 1.31 bits per heavy atom. The van der Waals surface area contributed by atoms with Gasteiger partial charge in [0.05, 0.1) is 43.2 Å². The van der Waals surface area contributed by atoms with Crippen molar-refractivity contribution in [1.29, 1.82) is 0 Å². The maximum Gasteiger partial charge on any atom is 0.490 e. The number of hydrogen-bond acceptors (Lipinski definition) is 7. The van der Waals surface area contributed by atoms with Crippen LogP contribution in [0.2, 0.25) is 0 Å². The van der Waals surface area contributed by atoms with Gasteiger partial charge in [0.25, 0.3) is 5.91 Å². The van der Waals surface area contributed by atoms with E-state index in [1.54, 1.807) is 12.4 Å². The van der Waals surface area contributed by atoms with E-state index < -0.39 is 12.1 Å². The Balaban J connectivity index is 0.000000360. The van der Waals surface area contributed by atoms with Crippen molar-refractivity contribution in [3.63, 3.8) is 0 Å². The number of amides is 1. The second-order valence-electron chi connectivity index (χ2n) is 7.53. The van der Waals surface area contributed by atoms with Gasteiger partial charge in [-0.15, -0.1) is 0 Å². The van der Waals surface area contributed by atoms with Crippen LogP contribution in [0, 0.1) is 0 Å². The van der Waals surface area contributed by atoms with Crippen molar-refractivity contribution in [3.8, 4) is 0 Å². The van der Waals surface area contributed by atoms with Gasteiger partial charge in [0.15, 0.2) is 0 Å². The number of ether oxygens (including phenoxy) is 2. The molecule has 2 aromatic rings. The summed E-state index contributed by atoms with van der Waals surface area (Å²) < 4.78 is 48.6. The van der Waals surface area contributed by atoms with Crippen LogP contribution in [-0.4, -0.2) is 69.6 Å². The number of carbonyl (C=O) groups excluding carboxylic acids is 1. The summed E-state index contributed by atoms with van der Waals surface area (Å²) in [6, 6.07) is 3.90. The van der Waals surface area contributed by atoms with Crippen molar-refractivity contribution < 1.29 is 41.9 Å². The minimum atomic E-state index is -5.08. The first kappa shape index (κ1) is 23.7. The highest BCUT2D eigenvalue weighted by Gasteiger charge is 2.45. The van der Waals surface area contributed by atoms with Gasteiger partial charge in [0.1, 0.15) is 6.26 Å². The number of aliphatic carboxylic acids is 1. The molecule has 2 aliphatic heterocycles. The van der Waals surface area contributed by atoms with Crippen LogP contribution in [0.15, 0.2) is 41.5 Å². The van der Waals surface area contributed by atoms with Gasteiger partial charge in [-0.3, -0.25) is 9.78 Å². The molecule has 32 heavy (non-hydrogen) atoms. The Hall–Kier alpha value is -2.99. The first-order valence-electron chi connectivity index (χ1n) is 9.82. The molecule has 0 aromatic carbocycles. The molecule has 4 rings (SSSR count). The summed E-state index contributed by atoms with van der Waals surface area (Å²) in [5, 5.41) is 10.7. The monoisotopic (exact) mass is 457 g/mol. The van der Waals surface area contributed by atoms with Crippen molar-refractivity contribution in [2.24, 2.45) is 0 Å². The summed E-state index contributed by atoms with van der Waals surface area (Å²) in [6.07, 6.45) is 4.04. The third-order valence-corrected chi connectivity index (χ3v) is 5.16. The van der Waals surface area contributed by atoms with Crippen LogP contribution < -0.4 is 0 Å². The number of carbonyl (C=O) groups is 2. The van der Waals surface area contributed by atoms with Gasteiger partial charge in [-0.2, -0.15) is 13.2 Å². The zero-order chi connectivity index (χ0) is 23.2. The molecule has 9 nitrogen and oxygen atoms in total. The smallest absolute Gasteiger partial charge is 0.475 e. The summed E-state index contributed by atoms with van der Waals surface area (Å²) >= 11 is 0. The average Bonchev–Trinajstić information content (AvgIpc) is 3.43. The first-order valence-corrected chi connectivity index (χ1v) is 9.82. The molecule has 0 aliphatic carbocycles. The number of nitrogens with zero attached hydrogens (tertiary/aromatic N) is 3. The molecule has 12 heteroatoms. The lowest BCUT2D eigenvalue weighted by atomic mass is 9.89. The van der Waals surface area contributed by atoms with Crippen molar-refractivity contribution in [1.82, 2.24) is 15.0 Å². The van der Waals surface area contributed by atoms with Gasteiger partial charge in [-0.05, 0) is 30.5 Å². The molecule has 2 saturated heterocycles. The molecule has 1 spiro atoms. The first-order chi connectivity index (χ1) is 15.2. The largest absolute Gasteiger partial charge is 0.490 e. The molecule has 174 valence electrons. The number of carboxylic acids is 1. The highest BCUT2D eigenvalue weighted by Crippen LogP contribution is 2.36. The molecular formula is C20H22F3N3O6. The van der Waals surface area contributed by atoms with Crippen LogP contribution in [0.25, 0.3) is 0 Å². The molecule has 1 N–H and O–H groups in total. The Labute approximate surface area is 181 Å². The van der Waals surface area contributed by atoms with Crippen LogP contribution in [0.1, 0.15) is 35.2 Å². The maximum absolute atomic E-state index is 12.5. The molecule has 2 atom stereocenters. The van der Waals surface area contributed by atoms with E-state index in [4.69, 9.17) is 23.9 Å². The van der Waals surface area contributed by atoms with Crippen LogP contribution in [-0.2, 0) is 20.9 Å². The Bertz CT molecular complexity index is 894. The number of carboxylic acid groups (broad SMARTS) is 1. The number of pyridine rings is 1. The van der Waals surface area contributed by atoms with Gasteiger partial charge >= 0.3 is 12.1 Å². The van der Waals surface area contributed by atoms with Crippen LogP contribution in [0.5, 0.6) is 0 Å². The highest BCUT2D eigenvalue weighted by atomic mass is 19.4. The van der Waals surface area contributed by atoms with Crippen molar-refractivity contribution in [3.05, 3.63) is 48.1 Å². The number of piperidine rings is 1. The van der Waals surface area contributed by atoms with Gasteiger partial charge in [-0.1, -0.05) is 5.16 Å². The number of hydrogen-bond donors (Lipinski definition) is 1. The number of aromatic nitrogens is 2. The molecule has 0 unspecified atom stereocenters. The summed E-state index contributed by atoms with van der Waals surface area (Å²) in [6.45, 7) is 2.44. The van der Waals surface area contributed by atoms with E-state index >= 15 is 0 Å². The van der Waals surface area contributed by atoms with E-state index in [-0.39, 0.29) is 17.6 Å². The second kappa shape index (κ2) is 10.1. The lowest BCUT2D eigenvalue weighted by Gasteiger charge is -2.39. The van der Waals surface area contributed by atoms with Crippen LogP contribution in [0.4, 0.5) is 13.2 Å². The van der Waals surface area contributed by atoms with Gasteiger partial charge in [0.2, 0.25) is 0 Å².